The number of nitrogens with one attached hydrogen (secondary N) is 1. The van der Waals surface area contributed by atoms with Crippen LogP contribution in [0.5, 0.6) is 5.88 Å². The highest BCUT2D eigenvalue weighted by atomic mass is 19.1. The van der Waals surface area contributed by atoms with Gasteiger partial charge in [-0.1, -0.05) is 18.2 Å². The molecule has 0 fully saturated rings. The van der Waals surface area contributed by atoms with Crippen LogP contribution in [0.3, 0.4) is 0 Å². The first-order chi connectivity index (χ1) is 9.59. The van der Waals surface area contributed by atoms with Crippen molar-refractivity contribution in [1.29, 1.82) is 0 Å². The van der Waals surface area contributed by atoms with Gasteiger partial charge in [0.2, 0.25) is 11.7 Å². The molecule has 0 amide bonds. The topological polar surface area (TPSA) is 88.0 Å². The Morgan fingerprint density at radius 2 is 1.95 bits per heavy atom. The average Bonchev–Trinajstić information content (AvgIpc) is 2.45. The molecule has 0 bridgehead atoms. The van der Waals surface area contributed by atoms with Crippen LogP contribution < -0.4 is 11.2 Å². The van der Waals surface area contributed by atoms with E-state index in [9.17, 15) is 19.1 Å². The number of benzene rings is 1. The van der Waals surface area contributed by atoms with E-state index in [1.807, 2.05) is 0 Å². The number of H-pyrrole nitrogens is 1. The maximum atomic E-state index is 13.5. The maximum absolute atomic E-state index is 13.5. The van der Waals surface area contributed by atoms with Crippen LogP contribution >= 0.6 is 0 Å². The molecule has 0 radical (unpaired) electrons. The average molecular weight is 273 g/mol. The van der Waals surface area contributed by atoms with Gasteiger partial charge in [0, 0.05) is 11.6 Å². The highest BCUT2D eigenvalue weighted by Crippen LogP contribution is 2.22. The summed E-state index contributed by atoms with van der Waals surface area (Å²) >= 11 is 0. The van der Waals surface area contributed by atoms with E-state index in [4.69, 9.17) is 0 Å². The van der Waals surface area contributed by atoms with Crippen molar-refractivity contribution in [2.45, 2.75) is 0 Å². The Bertz CT molecular complexity index is 925. The minimum Gasteiger partial charge on any atom is -0.492 e. The molecule has 0 spiro atoms. The van der Waals surface area contributed by atoms with Crippen molar-refractivity contribution in [3.63, 3.8) is 0 Å². The molecule has 7 heteroatoms. The number of hydrogen-bond donors (Lipinski definition) is 2. The quantitative estimate of drug-likeness (QED) is 0.690. The number of hydrogen-bond acceptors (Lipinski definition) is 4. The molecule has 6 nitrogen and oxygen atoms in total. The van der Waals surface area contributed by atoms with E-state index < -0.39 is 22.9 Å². The van der Waals surface area contributed by atoms with Crippen LogP contribution in [0.15, 0.2) is 46.1 Å². The minimum atomic E-state index is -1.42. The lowest BCUT2D eigenvalue weighted by atomic mass is 10.2. The Balaban J connectivity index is 2.47. The number of halogens is 1. The Labute approximate surface area is 110 Å². The number of aromatic nitrogens is 3. The summed E-state index contributed by atoms with van der Waals surface area (Å²) < 4.78 is 14.2. The van der Waals surface area contributed by atoms with Crippen molar-refractivity contribution in [2.24, 2.45) is 0 Å². The number of pyridine rings is 1. The van der Waals surface area contributed by atoms with Gasteiger partial charge in [0.05, 0.1) is 11.2 Å². The fourth-order valence-electron chi connectivity index (χ4n) is 2.00. The molecule has 3 rings (SSSR count). The molecule has 0 saturated carbocycles. The van der Waals surface area contributed by atoms with Gasteiger partial charge >= 0.3 is 5.69 Å². The van der Waals surface area contributed by atoms with Gasteiger partial charge in [0.15, 0.2) is 0 Å². The summed E-state index contributed by atoms with van der Waals surface area (Å²) in [6.07, 6.45) is 1.51. The zero-order valence-electron chi connectivity index (χ0n) is 10.0. The summed E-state index contributed by atoms with van der Waals surface area (Å²) in [4.78, 5) is 28.8. The van der Waals surface area contributed by atoms with Crippen molar-refractivity contribution in [3.8, 4) is 11.6 Å². The van der Waals surface area contributed by atoms with Gasteiger partial charge in [-0.05, 0) is 12.1 Å². The Morgan fingerprint density at radius 3 is 2.75 bits per heavy atom. The molecule has 2 heterocycles. The number of fused-ring (bicyclic) bond motifs is 1. The Kier molecular flexibility index (Phi) is 2.60. The molecule has 3 aromatic rings. The van der Waals surface area contributed by atoms with Crippen LogP contribution in [0.1, 0.15) is 0 Å². The number of para-hydroxylation sites is 1. The molecular formula is C13H8FN3O3. The zero-order chi connectivity index (χ0) is 14.3. The van der Waals surface area contributed by atoms with Crippen LogP contribution in [0.4, 0.5) is 4.39 Å². The van der Waals surface area contributed by atoms with Gasteiger partial charge in [-0.25, -0.2) is 9.36 Å². The van der Waals surface area contributed by atoms with E-state index in [0.717, 1.165) is 0 Å². The molecule has 1 aromatic carbocycles. The summed E-state index contributed by atoms with van der Waals surface area (Å²) in [7, 11) is 0. The normalized spacial score (nSPS) is 10.8. The third kappa shape index (κ3) is 1.68. The second-order valence-electron chi connectivity index (χ2n) is 4.08. The summed E-state index contributed by atoms with van der Waals surface area (Å²) in [5.41, 5.74) is -1.62. The highest BCUT2D eigenvalue weighted by Gasteiger charge is 2.16. The maximum Gasteiger partial charge on any atom is 0.336 e. The zero-order valence-corrected chi connectivity index (χ0v) is 10.0. The monoisotopic (exact) mass is 273 g/mol. The molecule has 0 aliphatic heterocycles. The predicted octanol–water partition coefficient (Wildman–Crippen LogP) is 0.919. The second-order valence-corrected chi connectivity index (χ2v) is 4.08. The molecule has 2 N–H and O–H groups in total. The standard InChI is InChI=1S/C13H8FN3O3/c14-9-11(18)16-13(20)17(12(9)19)8-5-1-3-7-4-2-6-15-10(7)8/h1-6,19H,(H,16,18,20). The van der Waals surface area contributed by atoms with E-state index in [1.165, 1.54) is 12.3 Å². The van der Waals surface area contributed by atoms with Crippen molar-refractivity contribution in [3.05, 3.63) is 63.2 Å². The molecular weight excluding hydrogens is 265 g/mol. The smallest absolute Gasteiger partial charge is 0.336 e. The lowest BCUT2D eigenvalue weighted by Crippen LogP contribution is -2.31. The van der Waals surface area contributed by atoms with Crippen molar-refractivity contribution in [1.82, 2.24) is 14.5 Å². The Hall–Kier alpha value is -2.96. The minimum absolute atomic E-state index is 0.181. The largest absolute Gasteiger partial charge is 0.492 e. The van der Waals surface area contributed by atoms with Gasteiger partial charge < -0.3 is 5.11 Å². The van der Waals surface area contributed by atoms with Gasteiger partial charge in [-0.3, -0.25) is 14.8 Å². The van der Waals surface area contributed by atoms with E-state index in [-0.39, 0.29) is 5.69 Å². The fourth-order valence-corrected chi connectivity index (χ4v) is 2.00. The molecule has 0 unspecified atom stereocenters. The molecule has 0 saturated heterocycles. The van der Waals surface area contributed by atoms with E-state index in [0.29, 0.717) is 15.5 Å². The van der Waals surface area contributed by atoms with Gasteiger partial charge in [-0.15, -0.1) is 0 Å². The molecule has 20 heavy (non-hydrogen) atoms. The SMILES string of the molecule is O=c1[nH]c(=O)n(-c2cccc3cccnc23)c(O)c1F. The van der Waals surface area contributed by atoms with E-state index in [2.05, 4.69) is 4.98 Å². The highest BCUT2D eigenvalue weighted by molar-refractivity contribution is 5.86. The van der Waals surface area contributed by atoms with Crippen LogP contribution in [0.25, 0.3) is 16.6 Å². The van der Waals surface area contributed by atoms with Gasteiger partial charge in [0.1, 0.15) is 0 Å². The molecule has 0 atom stereocenters. The lowest BCUT2D eigenvalue weighted by molar-refractivity contribution is 0.386. The summed E-state index contributed by atoms with van der Waals surface area (Å²) in [6.45, 7) is 0. The third-order valence-electron chi connectivity index (χ3n) is 2.88. The summed E-state index contributed by atoms with van der Waals surface area (Å²) in [5.74, 6) is -2.46. The third-order valence-corrected chi connectivity index (χ3v) is 2.88. The lowest BCUT2D eigenvalue weighted by Gasteiger charge is -2.10. The van der Waals surface area contributed by atoms with Crippen LogP contribution in [0.2, 0.25) is 0 Å². The summed E-state index contributed by atoms with van der Waals surface area (Å²) in [5, 5.41) is 10.4. The second kappa shape index (κ2) is 4.30. The van der Waals surface area contributed by atoms with Gasteiger partial charge in [0.25, 0.3) is 5.56 Å². The predicted molar refractivity (Wildman–Crippen MR) is 69.6 cm³/mol. The first-order valence-electron chi connectivity index (χ1n) is 5.67. The van der Waals surface area contributed by atoms with E-state index in [1.54, 1.807) is 29.2 Å². The van der Waals surface area contributed by atoms with Crippen molar-refractivity contribution >= 4 is 10.9 Å². The fraction of sp³-hybridized carbons (Fsp3) is 0. The van der Waals surface area contributed by atoms with Crippen LogP contribution in [0, 0.1) is 5.82 Å². The van der Waals surface area contributed by atoms with Crippen molar-refractivity contribution in [2.75, 3.05) is 0 Å². The van der Waals surface area contributed by atoms with Crippen molar-refractivity contribution < 1.29 is 9.50 Å². The molecule has 0 aliphatic rings. The number of rotatable bonds is 1. The van der Waals surface area contributed by atoms with E-state index >= 15 is 0 Å². The molecule has 0 aliphatic carbocycles. The summed E-state index contributed by atoms with van der Waals surface area (Å²) in [6, 6.07) is 8.36. The Morgan fingerprint density at radius 1 is 1.20 bits per heavy atom. The first kappa shape index (κ1) is 12.1. The molecule has 2 aromatic heterocycles. The van der Waals surface area contributed by atoms with Crippen LogP contribution in [-0.4, -0.2) is 19.6 Å². The van der Waals surface area contributed by atoms with Gasteiger partial charge in [-0.2, -0.15) is 4.39 Å². The molecule has 100 valence electrons. The number of nitrogens with zero attached hydrogens (tertiary/aromatic N) is 2. The number of aromatic amines is 1. The first-order valence-corrected chi connectivity index (χ1v) is 5.67. The van der Waals surface area contributed by atoms with Crippen LogP contribution in [-0.2, 0) is 0 Å². The number of aromatic hydroxyl groups is 1.